The maximum atomic E-state index is 4.55. The number of alkyl halides is 1. The van der Waals surface area contributed by atoms with Gasteiger partial charge in [0.2, 0.25) is 0 Å². The van der Waals surface area contributed by atoms with E-state index in [2.05, 4.69) is 62.5 Å². The molecule has 21 heavy (non-hydrogen) atoms. The number of unbranched alkanes of at least 4 members (excludes halogenated alkanes) is 1. The van der Waals surface area contributed by atoms with Crippen molar-refractivity contribution in [2.75, 3.05) is 5.33 Å². The Bertz CT molecular complexity index is 460. The van der Waals surface area contributed by atoms with Crippen LogP contribution in [0.25, 0.3) is 0 Å². The van der Waals surface area contributed by atoms with Gasteiger partial charge >= 0.3 is 0 Å². The molecule has 0 spiro atoms. The highest BCUT2D eigenvalue weighted by Gasteiger charge is 2.35. The summed E-state index contributed by atoms with van der Waals surface area (Å²) in [7, 11) is 2.07. The van der Waals surface area contributed by atoms with E-state index in [0.29, 0.717) is 5.41 Å². The monoisotopic (exact) mass is 418 g/mol. The molecular weight excluding hydrogens is 392 g/mol. The Labute approximate surface area is 146 Å². The van der Waals surface area contributed by atoms with Gasteiger partial charge in [-0.15, -0.1) is 0 Å². The Balaban J connectivity index is 2.03. The van der Waals surface area contributed by atoms with Crippen molar-refractivity contribution < 1.29 is 0 Å². The van der Waals surface area contributed by atoms with Crippen LogP contribution in [0.4, 0.5) is 0 Å². The average molecular weight is 420 g/mol. The zero-order valence-corrected chi connectivity index (χ0v) is 16.8. The van der Waals surface area contributed by atoms with Crippen molar-refractivity contribution in [3.05, 3.63) is 15.9 Å². The van der Waals surface area contributed by atoms with Crippen LogP contribution in [-0.2, 0) is 13.5 Å². The van der Waals surface area contributed by atoms with Crippen LogP contribution in [0, 0.1) is 18.3 Å². The number of hydrogen-bond acceptors (Lipinski definition) is 1. The molecule has 1 aliphatic rings. The van der Waals surface area contributed by atoms with Crippen molar-refractivity contribution in [3.63, 3.8) is 0 Å². The van der Waals surface area contributed by atoms with Gasteiger partial charge in [0.25, 0.3) is 0 Å². The highest BCUT2D eigenvalue weighted by Crippen LogP contribution is 2.45. The lowest BCUT2D eigenvalue weighted by Gasteiger charge is -2.39. The average Bonchev–Trinajstić information content (AvgIpc) is 2.73. The molecular formula is C17H28Br2N2. The molecule has 1 aromatic rings. The number of rotatable bonds is 6. The fourth-order valence-corrected chi connectivity index (χ4v) is 4.89. The lowest BCUT2D eigenvalue weighted by Crippen LogP contribution is -2.32. The molecule has 0 aromatic carbocycles. The predicted octanol–water partition coefficient (Wildman–Crippen LogP) is 5.80. The Kier molecular flexibility index (Phi) is 6.37. The molecule has 0 radical (unpaired) electrons. The van der Waals surface area contributed by atoms with Crippen LogP contribution in [0.1, 0.15) is 63.3 Å². The second-order valence-corrected chi connectivity index (χ2v) is 8.22. The van der Waals surface area contributed by atoms with E-state index in [1.807, 2.05) is 0 Å². The molecule has 1 aliphatic carbocycles. The predicted molar refractivity (Wildman–Crippen MR) is 97.1 cm³/mol. The summed E-state index contributed by atoms with van der Waals surface area (Å²) >= 11 is 7.54. The van der Waals surface area contributed by atoms with Crippen LogP contribution >= 0.6 is 31.9 Å². The lowest BCUT2D eigenvalue weighted by atomic mass is 9.68. The van der Waals surface area contributed by atoms with Crippen LogP contribution in [0.3, 0.4) is 0 Å². The Morgan fingerprint density at radius 2 is 2.00 bits per heavy atom. The lowest BCUT2D eigenvalue weighted by molar-refractivity contribution is 0.166. The molecule has 4 heteroatoms. The molecule has 0 bridgehead atoms. The fourth-order valence-electron chi connectivity index (χ4n) is 3.66. The Hall–Kier alpha value is 0.170. The molecule has 1 saturated carbocycles. The van der Waals surface area contributed by atoms with Gasteiger partial charge in [-0.3, -0.25) is 4.68 Å². The van der Waals surface area contributed by atoms with Gasteiger partial charge in [-0.25, -0.2) is 0 Å². The second-order valence-electron chi connectivity index (χ2n) is 6.87. The first-order valence-electron chi connectivity index (χ1n) is 8.25. The second kappa shape index (κ2) is 7.63. The van der Waals surface area contributed by atoms with E-state index >= 15 is 0 Å². The van der Waals surface area contributed by atoms with Gasteiger partial charge in [0.15, 0.2) is 0 Å². The van der Waals surface area contributed by atoms with Gasteiger partial charge < -0.3 is 0 Å². The topological polar surface area (TPSA) is 17.8 Å². The summed E-state index contributed by atoms with van der Waals surface area (Å²) < 4.78 is 3.27. The summed E-state index contributed by atoms with van der Waals surface area (Å²) in [6.45, 7) is 4.38. The van der Waals surface area contributed by atoms with Gasteiger partial charge in [0, 0.05) is 12.4 Å². The largest absolute Gasteiger partial charge is 0.271 e. The summed E-state index contributed by atoms with van der Waals surface area (Å²) in [5.74, 6) is 0.967. The fraction of sp³-hybridized carbons (Fsp3) is 0.824. The van der Waals surface area contributed by atoms with E-state index < -0.39 is 0 Å². The molecule has 0 aliphatic heterocycles. The van der Waals surface area contributed by atoms with Crippen LogP contribution < -0.4 is 0 Å². The normalized spacial score (nSPS) is 26.2. The smallest absolute Gasteiger partial charge is 0.0738 e. The van der Waals surface area contributed by atoms with Crippen molar-refractivity contribution in [2.24, 2.45) is 18.4 Å². The van der Waals surface area contributed by atoms with E-state index in [4.69, 9.17) is 0 Å². The van der Waals surface area contributed by atoms with Crippen molar-refractivity contribution in [1.29, 1.82) is 0 Å². The first kappa shape index (κ1) is 17.5. The molecule has 0 atom stereocenters. The molecule has 0 amide bonds. The van der Waals surface area contributed by atoms with Crippen LogP contribution in [0.2, 0.25) is 0 Å². The highest BCUT2D eigenvalue weighted by molar-refractivity contribution is 9.10. The zero-order chi connectivity index (χ0) is 15.5. The molecule has 0 unspecified atom stereocenters. The number of halogens is 2. The number of nitrogens with zero attached hydrogens (tertiary/aromatic N) is 2. The van der Waals surface area contributed by atoms with E-state index in [0.717, 1.165) is 23.4 Å². The summed E-state index contributed by atoms with van der Waals surface area (Å²) in [6, 6.07) is 0. The van der Waals surface area contributed by atoms with Crippen LogP contribution in [-0.4, -0.2) is 15.1 Å². The van der Waals surface area contributed by atoms with Gasteiger partial charge in [0.05, 0.1) is 15.9 Å². The SMILES string of the molecule is CCCCC1CCC(CBr)(Cc2c(Br)c(C)nn2C)CC1. The van der Waals surface area contributed by atoms with Gasteiger partial charge in [-0.05, 0) is 66.3 Å². The number of aromatic nitrogens is 2. The van der Waals surface area contributed by atoms with E-state index in [-0.39, 0.29) is 0 Å². The standard InChI is InChI=1S/C17H28Br2N2/c1-4-5-6-14-7-9-17(12-18,10-8-14)11-15-16(19)13(2)20-21(15)3/h14H,4-12H2,1-3H3. The molecule has 0 saturated heterocycles. The maximum absolute atomic E-state index is 4.55. The van der Waals surface area contributed by atoms with Gasteiger partial charge in [0.1, 0.15) is 0 Å². The summed E-state index contributed by atoms with van der Waals surface area (Å²) in [6.07, 6.45) is 10.8. The number of hydrogen-bond donors (Lipinski definition) is 0. The highest BCUT2D eigenvalue weighted by atomic mass is 79.9. The molecule has 1 heterocycles. The minimum atomic E-state index is 0.422. The van der Waals surface area contributed by atoms with E-state index in [1.54, 1.807) is 0 Å². The summed E-state index contributed by atoms with van der Waals surface area (Å²) in [5.41, 5.74) is 2.89. The molecule has 1 fully saturated rings. The number of aryl methyl sites for hydroxylation is 2. The van der Waals surface area contributed by atoms with Crippen molar-refractivity contribution in [1.82, 2.24) is 9.78 Å². The van der Waals surface area contributed by atoms with E-state index in [9.17, 15) is 0 Å². The molecule has 0 N–H and O–H groups in total. The Morgan fingerprint density at radius 3 is 2.48 bits per heavy atom. The van der Waals surface area contributed by atoms with Gasteiger partial charge in [-0.2, -0.15) is 5.10 Å². The van der Waals surface area contributed by atoms with E-state index in [1.165, 1.54) is 55.1 Å². The first-order chi connectivity index (χ1) is 10.0. The zero-order valence-electron chi connectivity index (χ0n) is 13.6. The maximum Gasteiger partial charge on any atom is 0.0738 e. The third-order valence-corrected chi connectivity index (χ3v) is 7.44. The molecule has 2 nitrogen and oxygen atoms in total. The minimum Gasteiger partial charge on any atom is -0.271 e. The quantitative estimate of drug-likeness (QED) is 0.533. The Morgan fingerprint density at radius 1 is 1.33 bits per heavy atom. The summed E-state index contributed by atoms with van der Waals surface area (Å²) in [5, 5.41) is 5.66. The summed E-state index contributed by atoms with van der Waals surface area (Å²) in [4.78, 5) is 0. The van der Waals surface area contributed by atoms with Crippen LogP contribution in [0.5, 0.6) is 0 Å². The third kappa shape index (κ3) is 4.13. The molecule has 120 valence electrons. The molecule has 1 aromatic heterocycles. The van der Waals surface area contributed by atoms with Crippen molar-refractivity contribution >= 4 is 31.9 Å². The van der Waals surface area contributed by atoms with Crippen molar-refractivity contribution in [3.8, 4) is 0 Å². The first-order valence-corrected chi connectivity index (χ1v) is 10.2. The molecule has 2 rings (SSSR count). The van der Waals surface area contributed by atoms with Crippen molar-refractivity contribution in [2.45, 2.75) is 65.2 Å². The minimum absolute atomic E-state index is 0.422. The van der Waals surface area contributed by atoms with Gasteiger partial charge in [-0.1, -0.05) is 42.1 Å². The van der Waals surface area contributed by atoms with Crippen LogP contribution in [0.15, 0.2) is 4.47 Å². The third-order valence-electron chi connectivity index (χ3n) is 5.22.